The van der Waals surface area contributed by atoms with Crippen molar-refractivity contribution < 1.29 is 13.6 Å². The molecule has 2 aromatic rings. The van der Waals surface area contributed by atoms with Crippen molar-refractivity contribution in [2.75, 3.05) is 11.4 Å². The van der Waals surface area contributed by atoms with Gasteiger partial charge in [-0.1, -0.05) is 6.07 Å². The van der Waals surface area contributed by atoms with Gasteiger partial charge in [0.05, 0.1) is 6.54 Å². The SMILES string of the molecule is CCN(Cc1cc(C)c(C(=O)NN)o1)c1cccc(F)c1. The summed E-state index contributed by atoms with van der Waals surface area (Å²) in [6.07, 6.45) is 0. The van der Waals surface area contributed by atoms with Crippen molar-refractivity contribution in [3.8, 4) is 0 Å². The normalized spacial score (nSPS) is 10.5. The number of nitrogens with zero attached hydrogens (tertiary/aromatic N) is 1. The van der Waals surface area contributed by atoms with Crippen LogP contribution in [0, 0.1) is 12.7 Å². The van der Waals surface area contributed by atoms with Crippen molar-refractivity contribution in [1.82, 2.24) is 5.43 Å². The van der Waals surface area contributed by atoms with Gasteiger partial charge >= 0.3 is 5.91 Å². The second-order valence-corrected chi connectivity index (χ2v) is 4.69. The number of halogens is 1. The summed E-state index contributed by atoms with van der Waals surface area (Å²) in [5, 5.41) is 0. The first-order valence-corrected chi connectivity index (χ1v) is 6.66. The largest absolute Gasteiger partial charge is 0.454 e. The van der Waals surface area contributed by atoms with Crippen LogP contribution in [0.2, 0.25) is 0 Å². The highest BCUT2D eigenvalue weighted by Gasteiger charge is 2.16. The topological polar surface area (TPSA) is 71.5 Å². The van der Waals surface area contributed by atoms with Crippen LogP contribution >= 0.6 is 0 Å². The van der Waals surface area contributed by atoms with Gasteiger partial charge in [0.25, 0.3) is 0 Å². The lowest BCUT2D eigenvalue weighted by Crippen LogP contribution is -2.30. The summed E-state index contributed by atoms with van der Waals surface area (Å²) >= 11 is 0. The van der Waals surface area contributed by atoms with Crippen LogP contribution in [0.15, 0.2) is 34.7 Å². The number of rotatable bonds is 5. The first kappa shape index (κ1) is 15.1. The third-order valence-electron chi connectivity index (χ3n) is 3.21. The van der Waals surface area contributed by atoms with Crippen molar-refractivity contribution in [1.29, 1.82) is 0 Å². The van der Waals surface area contributed by atoms with Gasteiger partial charge in [-0.15, -0.1) is 0 Å². The molecule has 112 valence electrons. The highest BCUT2D eigenvalue weighted by atomic mass is 19.1. The molecule has 0 saturated carbocycles. The smallest absolute Gasteiger partial charge is 0.301 e. The van der Waals surface area contributed by atoms with Crippen LogP contribution in [0.1, 0.15) is 28.8 Å². The molecule has 0 aliphatic rings. The number of anilines is 1. The highest BCUT2D eigenvalue weighted by molar-refractivity contribution is 5.92. The summed E-state index contributed by atoms with van der Waals surface area (Å²) in [5.74, 6) is 5.17. The Balaban J connectivity index is 2.21. The van der Waals surface area contributed by atoms with Gasteiger partial charge in [0.15, 0.2) is 5.76 Å². The molecule has 0 spiro atoms. The minimum Gasteiger partial charge on any atom is -0.454 e. The van der Waals surface area contributed by atoms with Crippen LogP contribution in [0.3, 0.4) is 0 Å². The van der Waals surface area contributed by atoms with Crippen LogP contribution in [-0.4, -0.2) is 12.5 Å². The molecule has 0 bridgehead atoms. The number of carbonyl (C=O) groups is 1. The fourth-order valence-corrected chi connectivity index (χ4v) is 2.16. The fraction of sp³-hybridized carbons (Fsp3) is 0.267. The quantitative estimate of drug-likeness (QED) is 0.504. The molecule has 1 amide bonds. The molecule has 5 nitrogen and oxygen atoms in total. The van der Waals surface area contributed by atoms with Crippen LogP contribution in [0.5, 0.6) is 0 Å². The molecule has 2 rings (SSSR count). The molecule has 1 heterocycles. The van der Waals surface area contributed by atoms with E-state index in [-0.39, 0.29) is 11.6 Å². The lowest BCUT2D eigenvalue weighted by molar-refractivity contribution is 0.0923. The molecule has 6 heteroatoms. The third-order valence-corrected chi connectivity index (χ3v) is 3.21. The van der Waals surface area contributed by atoms with E-state index in [1.54, 1.807) is 19.1 Å². The molecule has 1 aromatic carbocycles. The fourth-order valence-electron chi connectivity index (χ4n) is 2.16. The number of aryl methyl sites for hydroxylation is 1. The van der Waals surface area contributed by atoms with Crippen molar-refractivity contribution in [2.24, 2.45) is 5.84 Å². The Hall–Kier alpha value is -2.34. The van der Waals surface area contributed by atoms with Crippen LogP contribution in [0.25, 0.3) is 0 Å². The molecular weight excluding hydrogens is 273 g/mol. The molecule has 0 saturated heterocycles. The van der Waals surface area contributed by atoms with Gasteiger partial charge in [0.1, 0.15) is 11.6 Å². The first-order valence-electron chi connectivity index (χ1n) is 6.66. The molecule has 0 fully saturated rings. The van der Waals surface area contributed by atoms with Crippen molar-refractivity contribution >= 4 is 11.6 Å². The van der Waals surface area contributed by atoms with Gasteiger partial charge in [-0.3, -0.25) is 10.2 Å². The van der Waals surface area contributed by atoms with Crippen LogP contribution < -0.4 is 16.2 Å². The molecule has 0 aliphatic carbocycles. The zero-order chi connectivity index (χ0) is 15.4. The van der Waals surface area contributed by atoms with Gasteiger partial charge < -0.3 is 9.32 Å². The summed E-state index contributed by atoms with van der Waals surface area (Å²) in [7, 11) is 0. The minimum absolute atomic E-state index is 0.197. The molecule has 0 radical (unpaired) electrons. The first-order chi connectivity index (χ1) is 10.0. The number of nitrogens with one attached hydrogen (secondary N) is 1. The molecule has 1 aromatic heterocycles. The van der Waals surface area contributed by atoms with Gasteiger partial charge in [-0.25, -0.2) is 10.2 Å². The number of hydrogen-bond acceptors (Lipinski definition) is 4. The standard InChI is InChI=1S/C15H18FN3O2/c1-3-19(12-6-4-5-11(16)8-12)9-13-7-10(2)14(21-13)15(20)18-17/h4-8H,3,9,17H2,1-2H3,(H,18,20). The Morgan fingerprint density at radius 2 is 2.19 bits per heavy atom. The molecular formula is C15H18FN3O2. The predicted molar refractivity (Wildman–Crippen MR) is 78.2 cm³/mol. The van der Waals surface area contributed by atoms with Gasteiger partial charge in [-0.05, 0) is 38.1 Å². The summed E-state index contributed by atoms with van der Waals surface area (Å²) < 4.78 is 18.8. The maximum atomic E-state index is 13.3. The van der Waals surface area contributed by atoms with Crippen molar-refractivity contribution in [2.45, 2.75) is 20.4 Å². The van der Waals surface area contributed by atoms with E-state index in [1.807, 2.05) is 23.3 Å². The number of hydrogen-bond donors (Lipinski definition) is 2. The van der Waals surface area contributed by atoms with E-state index in [1.165, 1.54) is 12.1 Å². The number of benzene rings is 1. The van der Waals surface area contributed by atoms with E-state index in [0.29, 0.717) is 24.4 Å². The predicted octanol–water partition coefficient (Wildman–Crippen LogP) is 2.36. The van der Waals surface area contributed by atoms with Crippen molar-refractivity contribution in [3.05, 3.63) is 53.2 Å². The lowest BCUT2D eigenvalue weighted by atomic mass is 10.2. The van der Waals surface area contributed by atoms with Gasteiger partial charge in [-0.2, -0.15) is 0 Å². The van der Waals surface area contributed by atoms with Crippen LogP contribution in [0.4, 0.5) is 10.1 Å². The molecule has 0 aliphatic heterocycles. The van der Waals surface area contributed by atoms with E-state index in [0.717, 1.165) is 5.69 Å². The Morgan fingerprint density at radius 1 is 1.43 bits per heavy atom. The monoisotopic (exact) mass is 291 g/mol. The molecule has 0 unspecified atom stereocenters. The Morgan fingerprint density at radius 3 is 2.81 bits per heavy atom. The zero-order valence-corrected chi connectivity index (χ0v) is 12.0. The van der Waals surface area contributed by atoms with Crippen LogP contribution in [-0.2, 0) is 6.54 Å². The number of hydrazine groups is 1. The number of nitrogen functional groups attached to an aromatic ring is 1. The minimum atomic E-state index is -0.465. The van der Waals surface area contributed by atoms with E-state index < -0.39 is 5.91 Å². The average Bonchev–Trinajstić information content (AvgIpc) is 2.84. The maximum Gasteiger partial charge on any atom is 0.301 e. The third kappa shape index (κ3) is 3.41. The van der Waals surface area contributed by atoms with Crippen molar-refractivity contribution in [3.63, 3.8) is 0 Å². The highest BCUT2D eigenvalue weighted by Crippen LogP contribution is 2.21. The Bertz CT molecular complexity index is 640. The average molecular weight is 291 g/mol. The Kier molecular flexibility index (Phi) is 4.59. The Labute approximate surface area is 122 Å². The summed E-state index contributed by atoms with van der Waals surface area (Å²) in [4.78, 5) is 13.5. The summed E-state index contributed by atoms with van der Waals surface area (Å²) in [6, 6.07) is 8.14. The van der Waals surface area contributed by atoms with E-state index in [9.17, 15) is 9.18 Å². The lowest BCUT2D eigenvalue weighted by Gasteiger charge is -2.21. The number of furan rings is 1. The number of nitrogens with two attached hydrogens (primary N) is 1. The van der Waals surface area contributed by atoms with E-state index in [2.05, 4.69) is 0 Å². The number of carbonyl (C=O) groups excluding carboxylic acids is 1. The van der Waals surface area contributed by atoms with E-state index >= 15 is 0 Å². The maximum absolute atomic E-state index is 13.3. The second-order valence-electron chi connectivity index (χ2n) is 4.69. The second kappa shape index (κ2) is 6.41. The van der Waals surface area contributed by atoms with Gasteiger partial charge in [0, 0.05) is 17.8 Å². The number of amides is 1. The molecule has 0 atom stereocenters. The molecule has 3 N–H and O–H groups in total. The van der Waals surface area contributed by atoms with Gasteiger partial charge in [0.2, 0.25) is 0 Å². The van der Waals surface area contributed by atoms with E-state index in [4.69, 9.17) is 10.3 Å². The summed E-state index contributed by atoms with van der Waals surface area (Å²) in [5.41, 5.74) is 3.52. The zero-order valence-electron chi connectivity index (χ0n) is 12.0. The molecule has 21 heavy (non-hydrogen) atoms. The summed E-state index contributed by atoms with van der Waals surface area (Å²) in [6.45, 7) is 4.87.